The van der Waals surface area contributed by atoms with Gasteiger partial charge in [0.15, 0.2) is 0 Å². The van der Waals surface area contributed by atoms with Crippen LogP contribution in [0.3, 0.4) is 0 Å². The number of benzene rings is 1. The summed E-state index contributed by atoms with van der Waals surface area (Å²) in [5.41, 5.74) is 1.05. The zero-order chi connectivity index (χ0) is 11.1. The molecule has 0 saturated carbocycles. The molecule has 3 nitrogen and oxygen atoms in total. The number of aliphatic hydroxyl groups is 1. The number of H-pyrrole nitrogens is 1. The Balaban J connectivity index is 2.56. The van der Waals surface area contributed by atoms with Gasteiger partial charge in [-0.3, -0.25) is 0 Å². The highest BCUT2D eigenvalue weighted by atomic mass is 19.4. The predicted molar refractivity (Wildman–Crippen MR) is 47.0 cm³/mol. The van der Waals surface area contributed by atoms with Crippen LogP contribution >= 0.6 is 0 Å². The summed E-state index contributed by atoms with van der Waals surface area (Å²) in [7, 11) is 0. The van der Waals surface area contributed by atoms with Crippen LogP contribution in [0.15, 0.2) is 18.2 Å². The molecular weight excluding hydrogens is 209 g/mol. The minimum absolute atomic E-state index is 0.212. The third-order valence-corrected chi connectivity index (χ3v) is 2.00. The Bertz CT molecular complexity index is 490. The van der Waals surface area contributed by atoms with Crippen molar-refractivity contribution in [3.63, 3.8) is 0 Å². The van der Waals surface area contributed by atoms with Crippen LogP contribution in [-0.2, 0) is 12.8 Å². The molecule has 1 aromatic carbocycles. The van der Waals surface area contributed by atoms with Gasteiger partial charge in [0.05, 0.1) is 17.6 Å². The molecule has 2 N–H and O–H groups in total. The molecule has 0 saturated heterocycles. The smallest absolute Gasteiger partial charge is 0.392 e. The van der Waals surface area contributed by atoms with Gasteiger partial charge in [0.1, 0.15) is 0 Å². The lowest BCUT2D eigenvalue weighted by Crippen LogP contribution is -2.06. The molecule has 0 aliphatic heterocycles. The van der Waals surface area contributed by atoms with Crippen LogP contribution in [0.4, 0.5) is 13.2 Å². The number of imidazole rings is 1. The molecule has 0 bridgehead atoms. The van der Waals surface area contributed by atoms with Gasteiger partial charge in [-0.05, 0) is 17.7 Å². The van der Waals surface area contributed by atoms with Gasteiger partial charge in [-0.25, -0.2) is 4.98 Å². The molecule has 0 amide bonds. The number of hydrogen-bond acceptors (Lipinski definition) is 2. The Hall–Kier alpha value is -1.56. The van der Waals surface area contributed by atoms with Gasteiger partial charge in [0, 0.05) is 0 Å². The maximum atomic E-state index is 12.3. The van der Waals surface area contributed by atoms with Crippen molar-refractivity contribution in [1.82, 2.24) is 9.97 Å². The Labute approximate surface area is 82.6 Å². The van der Waals surface area contributed by atoms with Gasteiger partial charge in [-0.2, -0.15) is 13.2 Å². The van der Waals surface area contributed by atoms with E-state index in [1.165, 1.54) is 18.2 Å². The van der Waals surface area contributed by atoms with Crippen LogP contribution in [0, 0.1) is 0 Å². The molecule has 0 atom stereocenters. The first-order valence-corrected chi connectivity index (χ1v) is 4.17. The maximum absolute atomic E-state index is 12.3. The van der Waals surface area contributed by atoms with E-state index in [9.17, 15) is 13.2 Å². The molecule has 0 fully saturated rings. The van der Waals surface area contributed by atoms with Crippen molar-refractivity contribution in [2.45, 2.75) is 12.8 Å². The summed E-state index contributed by atoms with van der Waals surface area (Å²) in [4.78, 5) is 5.56. The normalized spacial score (nSPS) is 12.3. The minimum atomic E-state index is -4.47. The Morgan fingerprint density at radius 2 is 2.07 bits per heavy atom. The molecule has 0 aliphatic rings. The van der Waals surface area contributed by atoms with Crippen molar-refractivity contribution >= 4 is 11.0 Å². The van der Waals surface area contributed by atoms with E-state index in [4.69, 9.17) is 5.11 Å². The summed E-state index contributed by atoms with van der Waals surface area (Å²) < 4.78 is 36.8. The summed E-state index contributed by atoms with van der Waals surface area (Å²) in [5.74, 6) is -1.02. The summed E-state index contributed by atoms with van der Waals surface area (Å²) >= 11 is 0. The third-order valence-electron chi connectivity index (χ3n) is 2.00. The first-order chi connectivity index (χ1) is 7.00. The fourth-order valence-electron chi connectivity index (χ4n) is 1.29. The van der Waals surface area contributed by atoms with E-state index in [0.29, 0.717) is 5.56 Å². The number of aromatic amines is 1. The molecule has 6 heteroatoms. The topological polar surface area (TPSA) is 48.9 Å². The summed E-state index contributed by atoms with van der Waals surface area (Å²) in [6, 6.07) is 4.41. The van der Waals surface area contributed by atoms with E-state index >= 15 is 0 Å². The van der Waals surface area contributed by atoms with E-state index < -0.39 is 12.0 Å². The summed E-state index contributed by atoms with van der Waals surface area (Å²) in [6.45, 7) is -0.212. The minimum Gasteiger partial charge on any atom is -0.392 e. The van der Waals surface area contributed by atoms with Crippen LogP contribution in [0.2, 0.25) is 0 Å². The van der Waals surface area contributed by atoms with Crippen LogP contribution in [-0.4, -0.2) is 15.1 Å². The van der Waals surface area contributed by atoms with Crippen molar-refractivity contribution in [3.05, 3.63) is 29.6 Å². The number of hydrogen-bond donors (Lipinski definition) is 2. The van der Waals surface area contributed by atoms with Crippen molar-refractivity contribution in [1.29, 1.82) is 0 Å². The zero-order valence-corrected chi connectivity index (χ0v) is 7.47. The molecule has 2 aromatic rings. The average molecular weight is 216 g/mol. The molecule has 80 valence electrons. The Morgan fingerprint density at radius 3 is 2.67 bits per heavy atom. The first-order valence-electron chi connectivity index (χ1n) is 4.17. The maximum Gasteiger partial charge on any atom is 0.449 e. The van der Waals surface area contributed by atoms with Crippen LogP contribution in [0.5, 0.6) is 0 Å². The molecule has 15 heavy (non-hydrogen) atoms. The number of halogens is 3. The van der Waals surface area contributed by atoms with E-state index in [-0.39, 0.29) is 17.6 Å². The number of fused-ring (bicyclic) bond motifs is 1. The van der Waals surface area contributed by atoms with Gasteiger partial charge in [0.25, 0.3) is 0 Å². The van der Waals surface area contributed by atoms with Gasteiger partial charge >= 0.3 is 6.18 Å². The predicted octanol–water partition coefficient (Wildman–Crippen LogP) is 2.07. The second kappa shape index (κ2) is 3.23. The third kappa shape index (κ3) is 1.80. The van der Waals surface area contributed by atoms with Gasteiger partial charge in [-0.1, -0.05) is 6.07 Å². The van der Waals surface area contributed by atoms with Gasteiger partial charge in [-0.15, -0.1) is 0 Å². The number of nitrogens with zero attached hydrogens (tertiary/aromatic N) is 1. The lowest BCUT2D eigenvalue weighted by Gasteiger charge is -1.99. The van der Waals surface area contributed by atoms with Crippen molar-refractivity contribution < 1.29 is 18.3 Å². The Kier molecular flexibility index (Phi) is 2.15. The highest BCUT2D eigenvalue weighted by Gasteiger charge is 2.34. The molecular formula is C9H7F3N2O. The molecule has 0 aliphatic carbocycles. The standard InChI is InChI=1S/C9H7F3N2O/c10-9(11,12)8-13-6-2-1-5(4-15)3-7(6)14-8/h1-3,15H,4H2,(H,13,14). The number of aromatic nitrogens is 2. The highest BCUT2D eigenvalue weighted by Crippen LogP contribution is 2.28. The van der Waals surface area contributed by atoms with Gasteiger partial charge < -0.3 is 10.1 Å². The SMILES string of the molecule is OCc1ccc2nc(C(F)(F)F)[nH]c2c1. The number of rotatable bonds is 1. The van der Waals surface area contributed by atoms with Crippen LogP contribution < -0.4 is 0 Å². The van der Waals surface area contributed by atoms with Crippen molar-refractivity contribution in [3.8, 4) is 0 Å². The molecule has 2 rings (SSSR count). The molecule has 1 aromatic heterocycles. The Morgan fingerprint density at radius 1 is 1.33 bits per heavy atom. The van der Waals surface area contributed by atoms with E-state index in [0.717, 1.165) is 0 Å². The molecule has 0 unspecified atom stereocenters. The van der Waals surface area contributed by atoms with Gasteiger partial charge in [0.2, 0.25) is 5.82 Å². The summed E-state index contributed by atoms with van der Waals surface area (Å²) in [6.07, 6.45) is -4.47. The lowest BCUT2D eigenvalue weighted by atomic mass is 10.2. The van der Waals surface area contributed by atoms with E-state index in [1.807, 2.05) is 0 Å². The van der Waals surface area contributed by atoms with E-state index in [2.05, 4.69) is 9.97 Å². The molecule has 0 radical (unpaired) electrons. The zero-order valence-electron chi connectivity index (χ0n) is 7.47. The number of alkyl halides is 3. The van der Waals surface area contributed by atoms with Crippen molar-refractivity contribution in [2.75, 3.05) is 0 Å². The lowest BCUT2D eigenvalue weighted by molar-refractivity contribution is -0.144. The largest absolute Gasteiger partial charge is 0.449 e. The van der Waals surface area contributed by atoms with E-state index in [1.54, 1.807) is 0 Å². The molecule has 0 spiro atoms. The number of aliphatic hydroxyl groups excluding tert-OH is 1. The van der Waals surface area contributed by atoms with Crippen LogP contribution in [0.25, 0.3) is 11.0 Å². The van der Waals surface area contributed by atoms with Crippen LogP contribution in [0.1, 0.15) is 11.4 Å². The first kappa shape index (κ1) is 9.97. The highest BCUT2D eigenvalue weighted by molar-refractivity contribution is 5.75. The second-order valence-corrected chi connectivity index (χ2v) is 3.09. The monoisotopic (exact) mass is 216 g/mol. The molecule has 1 heterocycles. The second-order valence-electron chi connectivity index (χ2n) is 3.09. The average Bonchev–Trinajstić information content (AvgIpc) is 2.59. The quantitative estimate of drug-likeness (QED) is 0.766. The summed E-state index contributed by atoms with van der Waals surface area (Å²) in [5, 5.41) is 8.81. The van der Waals surface area contributed by atoms with Crippen molar-refractivity contribution in [2.24, 2.45) is 0 Å². The number of nitrogens with one attached hydrogen (secondary N) is 1. The fourth-order valence-corrected chi connectivity index (χ4v) is 1.29. The fraction of sp³-hybridized carbons (Fsp3) is 0.222.